The number of likely N-dealkylation sites (N-methyl/N-ethyl adjacent to an activating group) is 1. The SMILES string of the molecule is CCC1CN(C)c2ccccc2CN1CCN1C(=O)CCC1=O. The predicted molar refractivity (Wildman–Crippen MR) is 90.2 cm³/mol. The largest absolute Gasteiger partial charge is 0.373 e. The average Bonchev–Trinajstić information content (AvgIpc) is 2.80. The van der Waals surface area contributed by atoms with Gasteiger partial charge >= 0.3 is 0 Å². The van der Waals surface area contributed by atoms with Crippen LogP contribution in [0.5, 0.6) is 0 Å². The van der Waals surface area contributed by atoms with Crippen molar-refractivity contribution in [1.29, 1.82) is 0 Å². The normalized spacial score (nSPS) is 22.4. The Morgan fingerprint density at radius 2 is 1.78 bits per heavy atom. The van der Waals surface area contributed by atoms with Crippen molar-refractivity contribution in [3.63, 3.8) is 0 Å². The number of likely N-dealkylation sites (tertiary alicyclic amines) is 1. The molecule has 1 unspecified atom stereocenters. The molecule has 0 saturated carbocycles. The molecule has 2 aliphatic rings. The van der Waals surface area contributed by atoms with Crippen LogP contribution < -0.4 is 4.90 Å². The minimum atomic E-state index is -0.0182. The summed E-state index contributed by atoms with van der Waals surface area (Å²) in [6.07, 6.45) is 1.81. The fraction of sp³-hybridized carbons (Fsp3) is 0.556. The van der Waals surface area contributed by atoms with Crippen molar-refractivity contribution < 1.29 is 9.59 Å². The van der Waals surface area contributed by atoms with Gasteiger partial charge in [-0.05, 0) is 18.1 Å². The van der Waals surface area contributed by atoms with Gasteiger partial charge in [0.05, 0.1) is 0 Å². The van der Waals surface area contributed by atoms with Crippen LogP contribution in [-0.4, -0.2) is 54.3 Å². The van der Waals surface area contributed by atoms with Gasteiger partial charge in [-0.2, -0.15) is 0 Å². The third-order valence-electron chi connectivity index (χ3n) is 5.01. The lowest BCUT2D eigenvalue weighted by atomic mass is 10.1. The van der Waals surface area contributed by atoms with Crippen LogP contribution in [0.1, 0.15) is 31.7 Å². The maximum atomic E-state index is 11.8. The number of imide groups is 1. The molecule has 0 spiro atoms. The first-order valence-corrected chi connectivity index (χ1v) is 8.46. The summed E-state index contributed by atoms with van der Waals surface area (Å²) in [7, 11) is 2.14. The molecule has 1 aromatic carbocycles. The minimum absolute atomic E-state index is 0.0182. The number of rotatable bonds is 4. The first-order valence-electron chi connectivity index (χ1n) is 8.46. The molecule has 1 saturated heterocycles. The summed E-state index contributed by atoms with van der Waals surface area (Å²) in [6.45, 7) is 5.30. The van der Waals surface area contributed by atoms with Crippen LogP contribution in [-0.2, 0) is 16.1 Å². The maximum Gasteiger partial charge on any atom is 0.229 e. The molecular weight excluding hydrogens is 290 g/mol. The Labute approximate surface area is 137 Å². The van der Waals surface area contributed by atoms with E-state index in [1.165, 1.54) is 16.2 Å². The topological polar surface area (TPSA) is 43.9 Å². The number of benzene rings is 1. The van der Waals surface area contributed by atoms with Crippen molar-refractivity contribution in [3.05, 3.63) is 29.8 Å². The standard InChI is InChI=1S/C18H25N3O2/c1-3-15-13-19(2)16-7-5-4-6-14(16)12-20(15)10-11-21-17(22)8-9-18(21)23/h4-7,15H,3,8-13H2,1-2H3. The highest BCUT2D eigenvalue weighted by Gasteiger charge is 2.30. The molecule has 124 valence electrons. The van der Waals surface area contributed by atoms with Gasteiger partial charge in [0, 0.05) is 57.8 Å². The van der Waals surface area contributed by atoms with Gasteiger partial charge in [-0.3, -0.25) is 19.4 Å². The molecule has 1 fully saturated rings. The molecule has 0 bridgehead atoms. The zero-order valence-corrected chi connectivity index (χ0v) is 14.0. The van der Waals surface area contributed by atoms with Gasteiger partial charge in [-0.25, -0.2) is 0 Å². The highest BCUT2D eigenvalue weighted by atomic mass is 16.2. The van der Waals surface area contributed by atoms with Crippen molar-refractivity contribution in [2.45, 2.75) is 38.8 Å². The van der Waals surface area contributed by atoms with Gasteiger partial charge < -0.3 is 4.90 Å². The minimum Gasteiger partial charge on any atom is -0.373 e. The molecule has 2 aliphatic heterocycles. The molecule has 1 aromatic rings. The van der Waals surface area contributed by atoms with E-state index < -0.39 is 0 Å². The predicted octanol–water partition coefficient (Wildman–Crippen LogP) is 1.87. The van der Waals surface area contributed by atoms with Crippen LogP contribution >= 0.6 is 0 Å². The Morgan fingerprint density at radius 3 is 2.48 bits per heavy atom. The van der Waals surface area contributed by atoms with E-state index in [9.17, 15) is 9.59 Å². The monoisotopic (exact) mass is 315 g/mol. The highest BCUT2D eigenvalue weighted by molar-refractivity contribution is 6.01. The van der Waals surface area contributed by atoms with Crippen molar-refractivity contribution in [2.75, 3.05) is 31.6 Å². The molecule has 23 heavy (non-hydrogen) atoms. The fourth-order valence-electron chi connectivity index (χ4n) is 3.64. The Balaban J connectivity index is 1.74. The lowest BCUT2D eigenvalue weighted by Crippen LogP contribution is -2.44. The molecule has 2 amide bonds. The van der Waals surface area contributed by atoms with E-state index in [4.69, 9.17) is 0 Å². The smallest absolute Gasteiger partial charge is 0.229 e. The van der Waals surface area contributed by atoms with Crippen LogP contribution in [0.3, 0.4) is 0 Å². The van der Waals surface area contributed by atoms with Gasteiger partial charge in [-0.15, -0.1) is 0 Å². The third-order valence-corrected chi connectivity index (χ3v) is 5.01. The second-order valence-electron chi connectivity index (χ2n) is 6.48. The zero-order valence-electron chi connectivity index (χ0n) is 14.0. The molecule has 5 heteroatoms. The second kappa shape index (κ2) is 6.71. The summed E-state index contributed by atoms with van der Waals surface area (Å²) >= 11 is 0. The van der Waals surface area contributed by atoms with Crippen molar-refractivity contribution in [1.82, 2.24) is 9.80 Å². The molecule has 0 aromatic heterocycles. The zero-order chi connectivity index (χ0) is 16.4. The Kier molecular flexibility index (Phi) is 4.66. The first-order chi connectivity index (χ1) is 11.1. The molecule has 1 atom stereocenters. The third kappa shape index (κ3) is 3.24. The summed E-state index contributed by atoms with van der Waals surface area (Å²) in [6, 6.07) is 8.92. The molecule has 5 nitrogen and oxygen atoms in total. The summed E-state index contributed by atoms with van der Waals surface area (Å²) in [5.74, 6) is -0.0363. The second-order valence-corrected chi connectivity index (χ2v) is 6.48. The molecule has 2 heterocycles. The number of nitrogens with zero attached hydrogens (tertiary/aromatic N) is 3. The van der Waals surface area contributed by atoms with E-state index in [2.05, 4.69) is 48.0 Å². The lowest BCUT2D eigenvalue weighted by Gasteiger charge is -2.31. The molecule has 0 N–H and O–H groups in total. The number of carbonyl (C=O) groups excluding carboxylic acids is 2. The average molecular weight is 315 g/mol. The van der Waals surface area contributed by atoms with Crippen LogP contribution in [0.15, 0.2) is 24.3 Å². The maximum absolute atomic E-state index is 11.8. The number of anilines is 1. The Bertz CT molecular complexity index is 586. The van der Waals surface area contributed by atoms with E-state index >= 15 is 0 Å². The number of carbonyl (C=O) groups is 2. The summed E-state index contributed by atoms with van der Waals surface area (Å²) in [5, 5.41) is 0. The van der Waals surface area contributed by atoms with E-state index in [1.54, 1.807) is 0 Å². The molecule has 0 aliphatic carbocycles. The van der Waals surface area contributed by atoms with Gasteiger partial charge in [0.25, 0.3) is 0 Å². The van der Waals surface area contributed by atoms with Gasteiger partial charge in [0.1, 0.15) is 0 Å². The number of para-hydroxylation sites is 1. The van der Waals surface area contributed by atoms with E-state index in [-0.39, 0.29) is 11.8 Å². The molecular formula is C18H25N3O2. The van der Waals surface area contributed by atoms with E-state index in [0.29, 0.717) is 25.4 Å². The number of hydrogen-bond donors (Lipinski definition) is 0. The van der Waals surface area contributed by atoms with Crippen LogP contribution in [0.4, 0.5) is 5.69 Å². The number of amides is 2. The van der Waals surface area contributed by atoms with E-state index in [1.807, 2.05) is 0 Å². The van der Waals surface area contributed by atoms with Crippen LogP contribution in [0, 0.1) is 0 Å². The van der Waals surface area contributed by atoms with Crippen LogP contribution in [0.2, 0.25) is 0 Å². The van der Waals surface area contributed by atoms with Gasteiger partial charge in [-0.1, -0.05) is 25.1 Å². The van der Waals surface area contributed by atoms with Crippen molar-refractivity contribution in [3.8, 4) is 0 Å². The first kappa shape index (κ1) is 16.0. The molecule has 0 radical (unpaired) electrons. The lowest BCUT2D eigenvalue weighted by molar-refractivity contribution is -0.138. The van der Waals surface area contributed by atoms with Crippen molar-refractivity contribution in [2.24, 2.45) is 0 Å². The Hall–Kier alpha value is -1.88. The highest BCUT2D eigenvalue weighted by Crippen LogP contribution is 2.27. The molecule has 3 rings (SSSR count). The fourth-order valence-corrected chi connectivity index (χ4v) is 3.64. The van der Waals surface area contributed by atoms with E-state index in [0.717, 1.165) is 26.1 Å². The van der Waals surface area contributed by atoms with Gasteiger partial charge in [0.15, 0.2) is 0 Å². The summed E-state index contributed by atoms with van der Waals surface area (Å²) < 4.78 is 0. The summed E-state index contributed by atoms with van der Waals surface area (Å²) in [4.78, 5) is 29.8. The van der Waals surface area contributed by atoms with Gasteiger partial charge in [0.2, 0.25) is 11.8 Å². The van der Waals surface area contributed by atoms with Crippen molar-refractivity contribution >= 4 is 17.5 Å². The Morgan fingerprint density at radius 1 is 1.09 bits per heavy atom. The summed E-state index contributed by atoms with van der Waals surface area (Å²) in [5.41, 5.74) is 2.59. The number of hydrogen-bond acceptors (Lipinski definition) is 4. The van der Waals surface area contributed by atoms with Crippen LogP contribution in [0.25, 0.3) is 0 Å². The quantitative estimate of drug-likeness (QED) is 0.796. The number of fused-ring (bicyclic) bond motifs is 1.